The maximum absolute atomic E-state index is 12.9. The number of allylic oxidation sites excluding steroid dienone is 1. The minimum atomic E-state index is -1.15. The topological polar surface area (TPSA) is 116 Å². The largest absolute Gasteiger partial charge is 0.480 e. The van der Waals surface area contributed by atoms with E-state index in [-0.39, 0.29) is 30.4 Å². The molecule has 0 aromatic heterocycles. The monoisotopic (exact) mass is 475 g/mol. The summed E-state index contributed by atoms with van der Waals surface area (Å²) in [6, 6.07) is 0. The Morgan fingerprint density at radius 2 is 1.76 bits per heavy atom. The van der Waals surface area contributed by atoms with Gasteiger partial charge in [0.25, 0.3) is 0 Å². The van der Waals surface area contributed by atoms with Gasteiger partial charge >= 0.3 is 12.1 Å². The zero-order valence-corrected chi connectivity index (χ0v) is 20.6. The van der Waals surface area contributed by atoms with Crippen LogP contribution in [0.25, 0.3) is 0 Å². The highest BCUT2D eigenvalue weighted by Crippen LogP contribution is 2.26. The lowest BCUT2D eigenvalue weighted by Gasteiger charge is -2.34. The summed E-state index contributed by atoms with van der Waals surface area (Å²) < 4.78 is 5.43. The minimum Gasteiger partial charge on any atom is -0.480 e. The van der Waals surface area contributed by atoms with Gasteiger partial charge in [-0.15, -0.1) is 6.42 Å². The second kappa shape index (κ2) is 11.9. The van der Waals surface area contributed by atoms with E-state index >= 15 is 0 Å². The number of carbonyl (C=O) groups excluding carboxylic acids is 3. The third kappa shape index (κ3) is 8.08. The zero-order valence-electron chi connectivity index (χ0n) is 20.6. The Morgan fingerprint density at radius 3 is 2.32 bits per heavy atom. The van der Waals surface area contributed by atoms with Crippen LogP contribution in [-0.2, 0) is 19.1 Å². The standard InChI is InChI=1S/C25H37N3O6/c1-6-18(23(31)32)15-26-22(30)20-8-7-11-28(16-20)21(29)14-17(2)19-9-12-27(13-10-19)24(33)34-25(3,4)5/h1,14,18-20H,7-13,15-16H2,2-5H3,(H,26,30)(H,31,32)/b17-14+/t18-,20+/m0/s1. The van der Waals surface area contributed by atoms with Gasteiger partial charge < -0.3 is 25.0 Å². The van der Waals surface area contributed by atoms with Crippen molar-refractivity contribution in [1.82, 2.24) is 15.1 Å². The predicted molar refractivity (Wildman–Crippen MR) is 127 cm³/mol. The van der Waals surface area contributed by atoms with E-state index in [0.717, 1.165) is 18.4 Å². The number of likely N-dealkylation sites (tertiary alicyclic amines) is 2. The van der Waals surface area contributed by atoms with Crippen LogP contribution in [0, 0.1) is 30.1 Å². The Hall–Kier alpha value is -3.02. The van der Waals surface area contributed by atoms with Crippen LogP contribution in [0.3, 0.4) is 0 Å². The van der Waals surface area contributed by atoms with Gasteiger partial charge in [0.2, 0.25) is 11.8 Å². The highest BCUT2D eigenvalue weighted by atomic mass is 16.6. The molecule has 2 rings (SSSR count). The fraction of sp³-hybridized carbons (Fsp3) is 0.680. The highest BCUT2D eigenvalue weighted by molar-refractivity contribution is 5.89. The van der Waals surface area contributed by atoms with Gasteiger partial charge in [-0.05, 0) is 59.3 Å². The first-order valence-corrected chi connectivity index (χ1v) is 11.8. The quantitative estimate of drug-likeness (QED) is 0.450. The third-order valence-electron chi connectivity index (χ3n) is 6.23. The number of nitrogens with one attached hydrogen (secondary N) is 1. The van der Waals surface area contributed by atoms with Gasteiger partial charge in [-0.25, -0.2) is 4.79 Å². The van der Waals surface area contributed by atoms with E-state index in [1.807, 2.05) is 27.7 Å². The predicted octanol–water partition coefficient (Wildman–Crippen LogP) is 2.27. The lowest BCUT2D eigenvalue weighted by atomic mass is 9.89. The average molecular weight is 476 g/mol. The molecule has 0 radical (unpaired) electrons. The lowest BCUT2D eigenvalue weighted by molar-refractivity contribution is -0.139. The Kier molecular flexibility index (Phi) is 9.54. The molecule has 34 heavy (non-hydrogen) atoms. The number of aliphatic carboxylic acids is 1. The first-order chi connectivity index (χ1) is 15.9. The van der Waals surface area contributed by atoms with E-state index in [1.165, 1.54) is 0 Å². The molecule has 2 saturated heterocycles. The number of hydrogen-bond acceptors (Lipinski definition) is 5. The van der Waals surface area contributed by atoms with E-state index in [9.17, 15) is 19.2 Å². The van der Waals surface area contributed by atoms with Gasteiger partial charge in [-0.3, -0.25) is 14.4 Å². The molecule has 9 heteroatoms. The molecule has 0 bridgehead atoms. The SMILES string of the molecule is C#C[C@@H](CNC(=O)[C@@H]1CCCN(C(=O)/C=C(\C)C2CCN(C(=O)OC(C)(C)C)CC2)C1)C(=O)O. The van der Waals surface area contributed by atoms with Crippen molar-refractivity contribution in [3.8, 4) is 12.3 Å². The van der Waals surface area contributed by atoms with Gasteiger partial charge in [-0.2, -0.15) is 0 Å². The minimum absolute atomic E-state index is 0.128. The molecule has 2 heterocycles. The number of piperidine rings is 2. The molecule has 2 fully saturated rings. The first kappa shape index (κ1) is 27.2. The van der Waals surface area contributed by atoms with Crippen molar-refractivity contribution in [2.45, 2.75) is 59.0 Å². The molecule has 3 amide bonds. The molecule has 0 aromatic rings. The average Bonchev–Trinajstić information content (AvgIpc) is 2.78. The van der Waals surface area contributed by atoms with Crippen molar-refractivity contribution in [2.75, 3.05) is 32.7 Å². The second-order valence-electron chi connectivity index (χ2n) is 10.1. The number of nitrogens with zero attached hydrogens (tertiary/aromatic N) is 2. The summed E-state index contributed by atoms with van der Waals surface area (Å²) in [6.07, 6.45) is 9.38. The van der Waals surface area contributed by atoms with Crippen molar-refractivity contribution in [1.29, 1.82) is 0 Å². The Labute approximate surface area is 201 Å². The summed E-state index contributed by atoms with van der Waals surface area (Å²) in [5.74, 6) is -0.674. The molecule has 188 valence electrons. The van der Waals surface area contributed by atoms with Crippen molar-refractivity contribution < 1.29 is 29.0 Å². The van der Waals surface area contributed by atoms with E-state index in [0.29, 0.717) is 39.0 Å². The summed E-state index contributed by atoms with van der Waals surface area (Å²) in [5, 5.41) is 11.6. The van der Waals surface area contributed by atoms with Gasteiger partial charge in [0.05, 0.1) is 5.92 Å². The van der Waals surface area contributed by atoms with Gasteiger partial charge in [0.1, 0.15) is 11.5 Å². The fourth-order valence-electron chi connectivity index (χ4n) is 4.20. The molecule has 2 atom stereocenters. The molecule has 0 saturated carbocycles. The van der Waals surface area contributed by atoms with Gasteiger partial charge in [-0.1, -0.05) is 11.5 Å². The molecule has 0 spiro atoms. The number of carboxylic acids is 1. The second-order valence-corrected chi connectivity index (χ2v) is 10.1. The molecular weight excluding hydrogens is 438 g/mol. The van der Waals surface area contributed by atoms with E-state index in [1.54, 1.807) is 15.9 Å². The smallest absolute Gasteiger partial charge is 0.410 e. The van der Waals surface area contributed by atoms with Crippen LogP contribution in [-0.4, -0.2) is 77.1 Å². The maximum atomic E-state index is 12.9. The number of terminal acetylenes is 1. The number of rotatable bonds is 6. The first-order valence-electron chi connectivity index (χ1n) is 11.8. The van der Waals surface area contributed by atoms with Crippen LogP contribution in [0.15, 0.2) is 11.6 Å². The number of amides is 3. The molecule has 2 aliphatic heterocycles. The normalized spacial score (nSPS) is 20.8. The summed E-state index contributed by atoms with van der Waals surface area (Å²) in [4.78, 5) is 52.0. The summed E-state index contributed by atoms with van der Waals surface area (Å²) in [6.45, 7) is 9.37. The third-order valence-corrected chi connectivity index (χ3v) is 6.23. The number of carboxylic acid groups (broad SMARTS) is 1. The zero-order chi connectivity index (χ0) is 25.5. The Balaban J connectivity index is 1.86. The van der Waals surface area contributed by atoms with Gasteiger partial charge in [0, 0.05) is 38.8 Å². The van der Waals surface area contributed by atoms with Crippen molar-refractivity contribution in [2.24, 2.45) is 17.8 Å². The molecule has 2 N–H and O–H groups in total. The molecule has 0 unspecified atom stereocenters. The van der Waals surface area contributed by atoms with E-state index < -0.39 is 23.4 Å². The van der Waals surface area contributed by atoms with Crippen LogP contribution in [0.5, 0.6) is 0 Å². The Morgan fingerprint density at radius 1 is 1.12 bits per heavy atom. The molecular formula is C25H37N3O6. The van der Waals surface area contributed by atoms with Crippen molar-refractivity contribution in [3.05, 3.63) is 11.6 Å². The number of ether oxygens (including phenoxy) is 1. The van der Waals surface area contributed by atoms with Crippen LogP contribution in [0.4, 0.5) is 4.79 Å². The summed E-state index contributed by atoms with van der Waals surface area (Å²) in [5.41, 5.74) is 0.442. The molecule has 2 aliphatic rings. The van der Waals surface area contributed by atoms with E-state index in [4.69, 9.17) is 16.3 Å². The lowest BCUT2D eigenvalue weighted by Crippen LogP contribution is -2.46. The summed E-state index contributed by atoms with van der Waals surface area (Å²) in [7, 11) is 0. The van der Waals surface area contributed by atoms with Crippen LogP contribution >= 0.6 is 0 Å². The molecule has 0 aromatic carbocycles. The van der Waals surface area contributed by atoms with E-state index in [2.05, 4.69) is 11.2 Å². The number of carbonyl (C=O) groups is 4. The van der Waals surface area contributed by atoms with Crippen LogP contribution in [0.1, 0.15) is 53.4 Å². The van der Waals surface area contributed by atoms with Crippen LogP contribution in [0.2, 0.25) is 0 Å². The van der Waals surface area contributed by atoms with Gasteiger partial charge in [0.15, 0.2) is 0 Å². The van der Waals surface area contributed by atoms with Crippen molar-refractivity contribution >= 4 is 23.9 Å². The fourth-order valence-corrected chi connectivity index (χ4v) is 4.20. The molecule has 9 nitrogen and oxygen atoms in total. The maximum Gasteiger partial charge on any atom is 0.410 e. The van der Waals surface area contributed by atoms with Crippen molar-refractivity contribution in [3.63, 3.8) is 0 Å². The number of hydrogen-bond donors (Lipinski definition) is 2. The highest BCUT2D eigenvalue weighted by Gasteiger charge is 2.30. The summed E-state index contributed by atoms with van der Waals surface area (Å²) >= 11 is 0. The Bertz CT molecular complexity index is 846. The van der Waals surface area contributed by atoms with Crippen LogP contribution < -0.4 is 5.32 Å². The molecule has 0 aliphatic carbocycles.